The summed E-state index contributed by atoms with van der Waals surface area (Å²) in [5.41, 5.74) is 0.603. The number of carbonyl (C=O) groups excluding carboxylic acids is 2. The number of nitrogens with one attached hydrogen (secondary N) is 4. The topological polar surface area (TPSA) is 182 Å². The van der Waals surface area contributed by atoms with Gasteiger partial charge < -0.3 is 31.5 Å². The minimum Gasteiger partial charge on any atom is -0.481 e. The molecule has 14 heteroatoms. The van der Waals surface area contributed by atoms with Gasteiger partial charge in [0, 0.05) is 28.4 Å². The van der Waals surface area contributed by atoms with Crippen LogP contribution < -0.4 is 21.3 Å². The molecule has 0 spiro atoms. The maximum Gasteiger partial charge on any atom is 0.305 e. The molecule has 0 saturated heterocycles. The van der Waals surface area contributed by atoms with Crippen molar-refractivity contribution in [3.05, 3.63) is 62.5 Å². The predicted molar refractivity (Wildman–Crippen MR) is 134 cm³/mol. The number of aliphatic imine (C=N–C) groups is 1. The number of carbonyl (C=O) groups is 3. The summed E-state index contributed by atoms with van der Waals surface area (Å²) in [4.78, 5) is 51.8. The van der Waals surface area contributed by atoms with Crippen molar-refractivity contribution < 1.29 is 24.6 Å². The lowest BCUT2D eigenvalue weighted by Gasteiger charge is -2.20. The zero-order chi connectivity index (χ0) is 26.2. The largest absolute Gasteiger partial charge is 0.481 e. The zero-order valence-electron chi connectivity index (χ0n) is 18.6. The van der Waals surface area contributed by atoms with Gasteiger partial charge in [0.05, 0.1) is 36.7 Å². The molecule has 1 aliphatic heterocycles. The third-order valence-corrected chi connectivity index (χ3v) is 5.51. The van der Waals surface area contributed by atoms with E-state index >= 15 is 0 Å². The Morgan fingerprint density at radius 2 is 2.00 bits per heavy atom. The number of amides is 2. The molecule has 190 valence electrons. The van der Waals surface area contributed by atoms with Crippen LogP contribution in [0.15, 0.2) is 46.6 Å². The molecule has 12 nitrogen and oxygen atoms in total. The van der Waals surface area contributed by atoms with Gasteiger partial charge in [0.1, 0.15) is 5.69 Å². The molecule has 2 amide bonds. The summed E-state index contributed by atoms with van der Waals surface area (Å²) in [7, 11) is 0. The second kappa shape index (κ2) is 12.3. The monoisotopic (exact) mass is 536 g/mol. The number of halogens is 2. The standard InChI is InChI=1S/C22H22Cl2N6O6/c23-12-5-15(20(30-36)16(24)6-12)17(7-19(33)34)29-18(32)10-25-21(35)11-2-1-3-13(4-11)28-22-26-8-14(31)9-27-22/h1-6,14,17,31H,7-10H2,(H,25,35)(H,29,32)(H,33,34)(H2,26,27,28). The first-order valence-corrected chi connectivity index (χ1v) is 11.4. The Morgan fingerprint density at radius 1 is 1.22 bits per heavy atom. The molecule has 2 aromatic rings. The molecule has 0 fully saturated rings. The van der Waals surface area contributed by atoms with E-state index in [4.69, 9.17) is 23.2 Å². The minimum atomic E-state index is -1.26. The third-order valence-electron chi connectivity index (χ3n) is 5.00. The number of β-amino-alcohol motifs (C(OH)–C–C–N with tert-alkyl or cyclic N) is 1. The first-order valence-electron chi connectivity index (χ1n) is 10.6. The Hall–Kier alpha value is -3.74. The molecule has 0 radical (unpaired) electrons. The highest BCUT2D eigenvalue weighted by Gasteiger charge is 2.24. The molecule has 36 heavy (non-hydrogen) atoms. The van der Waals surface area contributed by atoms with Crippen LogP contribution in [0.5, 0.6) is 0 Å². The van der Waals surface area contributed by atoms with Crippen LogP contribution in [-0.4, -0.2) is 59.7 Å². The van der Waals surface area contributed by atoms with Crippen LogP contribution in [0, 0.1) is 4.91 Å². The first-order chi connectivity index (χ1) is 17.2. The van der Waals surface area contributed by atoms with Crippen molar-refractivity contribution in [1.82, 2.24) is 16.0 Å². The van der Waals surface area contributed by atoms with Crippen molar-refractivity contribution in [2.75, 3.05) is 25.0 Å². The van der Waals surface area contributed by atoms with Crippen LogP contribution in [0.1, 0.15) is 28.4 Å². The van der Waals surface area contributed by atoms with Gasteiger partial charge >= 0.3 is 5.97 Å². The Balaban J connectivity index is 1.64. The van der Waals surface area contributed by atoms with E-state index in [1.807, 2.05) is 0 Å². The van der Waals surface area contributed by atoms with Gasteiger partial charge in [0.15, 0.2) is 5.96 Å². The van der Waals surface area contributed by atoms with E-state index in [1.165, 1.54) is 12.1 Å². The second-order valence-electron chi connectivity index (χ2n) is 7.75. The number of nitroso groups, excluding NO2 is 1. The second-order valence-corrected chi connectivity index (χ2v) is 8.59. The van der Waals surface area contributed by atoms with Crippen molar-refractivity contribution in [3.63, 3.8) is 0 Å². The fraction of sp³-hybridized carbons (Fsp3) is 0.273. The van der Waals surface area contributed by atoms with Crippen LogP contribution in [0.2, 0.25) is 10.0 Å². The van der Waals surface area contributed by atoms with E-state index in [0.29, 0.717) is 18.2 Å². The van der Waals surface area contributed by atoms with Crippen molar-refractivity contribution in [1.29, 1.82) is 0 Å². The number of benzene rings is 2. The van der Waals surface area contributed by atoms with E-state index in [-0.39, 0.29) is 33.4 Å². The first kappa shape index (κ1) is 26.9. The number of hydrogen-bond donors (Lipinski definition) is 6. The SMILES string of the molecule is O=Nc1c(Cl)cc(Cl)cc1C(CC(=O)O)NC(=O)CNC(=O)c1cccc(NC2=NCC(O)CN2)c1. The molecule has 0 aromatic heterocycles. The number of nitrogens with zero attached hydrogens (tertiary/aromatic N) is 2. The molecule has 2 unspecified atom stereocenters. The van der Waals surface area contributed by atoms with Gasteiger partial charge in [-0.05, 0) is 35.5 Å². The summed E-state index contributed by atoms with van der Waals surface area (Å²) in [6.07, 6.45) is -1.15. The van der Waals surface area contributed by atoms with Gasteiger partial charge in [0.25, 0.3) is 5.91 Å². The fourth-order valence-electron chi connectivity index (χ4n) is 3.36. The molecule has 3 rings (SSSR count). The minimum absolute atomic E-state index is 0.0371. The lowest BCUT2D eigenvalue weighted by Crippen LogP contribution is -2.42. The average molecular weight is 537 g/mol. The zero-order valence-corrected chi connectivity index (χ0v) is 20.1. The number of aliphatic hydroxyl groups is 1. The summed E-state index contributed by atoms with van der Waals surface area (Å²) in [5.74, 6) is -2.07. The fourth-order valence-corrected chi connectivity index (χ4v) is 3.90. The lowest BCUT2D eigenvalue weighted by atomic mass is 10.0. The van der Waals surface area contributed by atoms with E-state index < -0.39 is 42.9 Å². The Bertz CT molecular complexity index is 1210. The normalized spacial score (nSPS) is 15.6. The maximum atomic E-state index is 12.6. The highest BCUT2D eigenvalue weighted by atomic mass is 35.5. The van der Waals surface area contributed by atoms with Gasteiger partial charge in [-0.3, -0.25) is 19.4 Å². The van der Waals surface area contributed by atoms with Gasteiger partial charge in [-0.25, -0.2) is 0 Å². The smallest absolute Gasteiger partial charge is 0.305 e. The van der Waals surface area contributed by atoms with Gasteiger partial charge in [0.2, 0.25) is 5.91 Å². The summed E-state index contributed by atoms with van der Waals surface area (Å²) in [6, 6.07) is 7.82. The van der Waals surface area contributed by atoms with E-state index in [2.05, 4.69) is 31.4 Å². The summed E-state index contributed by atoms with van der Waals surface area (Å²) in [5, 5.41) is 32.4. The molecule has 0 saturated carbocycles. The molecular formula is C22H22Cl2N6O6. The van der Waals surface area contributed by atoms with Crippen molar-refractivity contribution in [3.8, 4) is 0 Å². The molecule has 0 bridgehead atoms. The van der Waals surface area contributed by atoms with Crippen LogP contribution in [-0.2, 0) is 9.59 Å². The summed E-state index contributed by atoms with van der Waals surface area (Å²) >= 11 is 12.0. The van der Waals surface area contributed by atoms with Crippen LogP contribution in [0.25, 0.3) is 0 Å². The van der Waals surface area contributed by atoms with Gasteiger partial charge in [-0.2, -0.15) is 0 Å². The number of guanidine groups is 1. The molecule has 2 atom stereocenters. The Kier molecular flexibility index (Phi) is 9.17. The van der Waals surface area contributed by atoms with Crippen molar-refractivity contribution in [2.24, 2.45) is 10.2 Å². The number of carboxylic acids is 1. The number of hydrogen-bond acceptors (Lipinski definition) is 9. The molecule has 1 heterocycles. The number of aliphatic carboxylic acids is 1. The quantitative estimate of drug-likeness (QED) is 0.263. The number of carboxylic acid groups (broad SMARTS) is 1. The van der Waals surface area contributed by atoms with Crippen LogP contribution in [0.4, 0.5) is 11.4 Å². The van der Waals surface area contributed by atoms with E-state index in [0.717, 1.165) is 0 Å². The molecule has 0 aliphatic carbocycles. The van der Waals surface area contributed by atoms with Crippen LogP contribution >= 0.6 is 23.2 Å². The average Bonchev–Trinajstić information content (AvgIpc) is 2.83. The van der Waals surface area contributed by atoms with Crippen molar-refractivity contribution in [2.45, 2.75) is 18.6 Å². The van der Waals surface area contributed by atoms with Crippen LogP contribution in [0.3, 0.4) is 0 Å². The van der Waals surface area contributed by atoms with Crippen molar-refractivity contribution >= 4 is 58.3 Å². The van der Waals surface area contributed by atoms with E-state index in [1.54, 1.807) is 24.3 Å². The van der Waals surface area contributed by atoms with E-state index in [9.17, 15) is 29.5 Å². The lowest BCUT2D eigenvalue weighted by molar-refractivity contribution is -0.137. The predicted octanol–water partition coefficient (Wildman–Crippen LogP) is 2.19. The number of aliphatic hydroxyl groups excluding tert-OH is 1. The molecule has 6 N–H and O–H groups in total. The Labute approximate surface area is 215 Å². The highest BCUT2D eigenvalue weighted by Crippen LogP contribution is 2.37. The summed E-state index contributed by atoms with van der Waals surface area (Å²) < 4.78 is 0. The number of rotatable bonds is 9. The molecular weight excluding hydrogens is 515 g/mol. The number of anilines is 1. The van der Waals surface area contributed by atoms with Gasteiger partial charge in [-0.15, -0.1) is 4.91 Å². The highest BCUT2D eigenvalue weighted by molar-refractivity contribution is 6.36. The molecule has 2 aromatic carbocycles. The summed E-state index contributed by atoms with van der Waals surface area (Å²) in [6.45, 7) is 0.117. The third kappa shape index (κ3) is 7.38. The van der Waals surface area contributed by atoms with Gasteiger partial charge in [-0.1, -0.05) is 29.3 Å². The molecule has 1 aliphatic rings. The maximum absolute atomic E-state index is 12.6. The Morgan fingerprint density at radius 3 is 2.67 bits per heavy atom.